The van der Waals surface area contributed by atoms with Crippen molar-refractivity contribution in [2.45, 2.75) is 39.7 Å². The number of nitrogens with zero attached hydrogens (tertiary/aromatic N) is 1. The van der Waals surface area contributed by atoms with Gasteiger partial charge >= 0.3 is 0 Å². The molecule has 2 nitrogen and oxygen atoms in total. The monoisotopic (exact) mass is 277 g/mol. The SMILES string of the molecule is CN(Cc1ccccc1F)CC1CCCC(C)(C)C1=O. The van der Waals surface area contributed by atoms with Gasteiger partial charge in [0.2, 0.25) is 0 Å². The topological polar surface area (TPSA) is 20.3 Å². The highest BCUT2D eigenvalue weighted by molar-refractivity contribution is 5.87. The second kappa shape index (κ2) is 6.04. The molecule has 1 aliphatic carbocycles. The molecule has 0 heterocycles. The second-order valence-electron chi connectivity index (χ2n) is 6.63. The minimum atomic E-state index is -0.193. The van der Waals surface area contributed by atoms with Crippen molar-refractivity contribution >= 4 is 5.78 Å². The number of halogens is 1. The summed E-state index contributed by atoms with van der Waals surface area (Å²) in [5.41, 5.74) is 0.499. The van der Waals surface area contributed by atoms with Crippen molar-refractivity contribution in [3.63, 3.8) is 0 Å². The van der Waals surface area contributed by atoms with Crippen LogP contribution in [0.15, 0.2) is 24.3 Å². The lowest BCUT2D eigenvalue weighted by Gasteiger charge is -2.35. The van der Waals surface area contributed by atoms with E-state index in [0.29, 0.717) is 17.9 Å². The maximum atomic E-state index is 13.6. The van der Waals surface area contributed by atoms with E-state index in [-0.39, 0.29) is 17.2 Å². The third-order valence-corrected chi connectivity index (χ3v) is 4.32. The summed E-state index contributed by atoms with van der Waals surface area (Å²) in [6.07, 6.45) is 3.06. The van der Waals surface area contributed by atoms with Gasteiger partial charge < -0.3 is 4.90 Å². The predicted octanol–water partition coefficient (Wildman–Crippen LogP) is 3.65. The number of hydrogen-bond donors (Lipinski definition) is 0. The third kappa shape index (κ3) is 3.45. The minimum absolute atomic E-state index is 0.0931. The van der Waals surface area contributed by atoms with Crippen molar-refractivity contribution in [2.75, 3.05) is 13.6 Å². The van der Waals surface area contributed by atoms with Crippen molar-refractivity contribution in [3.05, 3.63) is 35.6 Å². The average Bonchev–Trinajstić information content (AvgIpc) is 2.38. The van der Waals surface area contributed by atoms with Gasteiger partial charge in [-0.05, 0) is 26.0 Å². The Hall–Kier alpha value is -1.22. The van der Waals surface area contributed by atoms with Crippen LogP contribution in [0.2, 0.25) is 0 Å². The lowest BCUT2D eigenvalue weighted by Crippen LogP contribution is -2.40. The summed E-state index contributed by atoms with van der Waals surface area (Å²) in [4.78, 5) is 14.5. The third-order valence-electron chi connectivity index (χ3n) is 4.32. The van der Waals surface area contributed by atoms with Gasteiger partial charge in [0.05, 0.1) is 0 Å². The molecule has 1 atom stereocenters. The molecule has 0 aliphatic heterocycles. The van der Waals surface area contributed by atoms with E-state index in [1.54, 1.807) is 12.1 Å². The van der Waals surface area contributed by atoms with Gasteiger partial charge in [-0.25, -0.2) is 4.39 Å². The number of carbonyl (C=O) groups excluding carboxylic acids is 1. The van der Waals surface area contributed by atoms with Gasteiger partial charge in [-0.15, -0.1) is 0 Å². The zero-order chi connectivity index (χ0) is 14.8. The van der Waals surface area contributed by atoms with E-state index in [0.717, 1.165) is 25.8 Å². The molecular weight excluding hydrogens is 253 g/mol. The Balaban J connectivity index is 1.96. The first-order chi connectivity index (χ1) is 9.40. The molecular formula is C17H24FNO. The summed E-state index contributed by atoms with van der Waals surface area (Å²) in [5, 5.41) is 0. The van der Waals surface area contributed by atoms with Crippen molar-refractivity contribution < 1.29 is 9.18 Å². The van der Waals surface area contributed by atoms with E-state index < -0.39 is 0 Å². The van der Waals surface area contributed by atoms with Crippen molar-refractivity contribution in [3.8, 4) is 0 Å². The molecule has 0 amide bonds. The summed E-state index contributed by atoms with van der Waals surface area (Å²) < 4.78 is 13.6. The Morgan fingerprint density at radius 1 is 1.35 bits per heavy atom. The lowest BCUT2D eigenvalue weighted by atomic mass is 9.71. The molecule has 20 heavy (non-hydrogen) atoms. The highest BCUT2D eigenvalue weighted by Gasteiger charge is 2.37. The van der Waals surface area contributed by atoms with E-state index in [4.69, 9.17) is 0 Å². The molecule has 2 rings (SSSR count). The van der Waals surface area contributed by atoms with Crippen LogP contribution >= 0.6 is 0 Å². The van der Waals surface area contributed by atoms with Gasteiger partial charge in [0.15, 0.2) is 0 Å². The van der Waals surface area contributed by atoms with Gasteiger partial charge in [0.1, 0.15) is 11.6 Å². The Kier molecular flexibility index (Phi) is 4.59. The molecule has 0 aromatic heterocycles. The van der Waals surface area contributed by atoms with Crippen LogP contribution in [0.1, 0.15) is 38.7 Å². The average molecular weight is 277 g/mol. The predicted molar refractivity (Wildman–Crippen MR) is 78.9 cm³/mol. The summed E-state index contributed by atoms with van der Waals surface area (Å²) >= 11 is 0. The van der Waals surface area contributed by atoms with E-state index >= 15 is 0 Å². The number of ketones is 1. The van der Waals surface area contributed by atoms with E-state index in [2.05, 4.69) is 4.90 Å². The number of Topliss-reactive ketones (excluding diaryl/α,β-unsaturated/α-hetero) is 1. The van der Waals surface area contributed by atoms with Crippen LogP contribution in [-0.4, -0.2) is 24.3 Å². The van der Waals surface area contributed by atoms with Gasteiger partial charge in [-0.2, -0.15) is 0 Å². The molecule has 110 valence electrons. The van der Waals surface area contributed by atoms with E-state index in [1.807, 2.05) is 27.0 Å². The Morgan fingerprint density at radius 3 is 2.75 bits per heavy atom. The molecule has 3 heteroatoms. The van der Waals surface area contributed by atoms with Crippen LogP contribution in [0.5, 0.6) is 0 Å². The lowest BCUT2D eigenvalue weighted by molar-refractivity contribution is -0.134. The van der Waals surface area contributed by atoms with Gasteiger partial charge in [0.25, 0.3) is 0 Å². The fourth-order valence-electron chi connectivity index (χ4n) is 3.13. The summed E-state index contributed by atoms with van der Waals surface area (Å²) in [6.45, 7) is 5.35. The van der Waals surface area contributed by atoms with Crippen molar-refractivity contribution in [1.82, 2.24) is 4.90 Å². The van der Waals surface area contributed by atoms with Crippen LogP contribution in [0.4, 0.5) is 4.39 Å². The fraction of sp³-hybridized carbons (Fsp3) is 0.588. The zero-order valence-corrected chi connectivity index (χ0v) is 12.7. The quantitative estimate of drug-likeness (QED) is 0.837. The summed E-state index contributed by atoms with van der Waals surface area (Å²) in [6, 6.07) is 6.84. The normalized spacial score (nSPS) is 22.2. The molecule has 1 saturated carbocycles. The van der Waals surface area contributed by atoms with E-state index in [9.17, 15) is 9.18 Å². The summed E-state index contributed by atoms with van der Waals surface area (Å²) in [5.74, 6) is 0.286. The van der Waals surface area contributed by atoms with Gasteiger partial charge in [0, 0.05) is 30.0 Å². The maximum Gasteiger partial charge on any atom is 0.142 e. The first kappa shape index (κ1) is 15.2. The first-order valence-electron chi connectivity index (χ1n) is 7.36. The van der Waals surface area contributed by atoms with Crippen LogP contribution in [0.3, 0.4) is 0 Å². The number of rotatable bonds is 4. The second-order valence-corrected chi connectivity index (χ2v) is 6.63. The largest absolute Gasteiger partial charge is 0.301 e. The number of benzene rings is 1. The van der Waals surface area contributed by atoms with Crippen LogP contribution in [0.25, 0.3) is 0 Å². The smallest absolute Gasteiger partial charge is 0.142 e. The Morgan fingerprint density at radius 2 is 2.05 bits per heavy atom. The van der Waals surface area contributed by atoms with Crippen molar-refractivity contribution in [1.29, 1.82) is 0 Å². The molecule has 0 spiro atoms. The molecule has 1 aromatic carbocycles. The molecule has 1 aliphatic rings. The number of hydrogen-bond acceptors (Lipinski definition) is 2. The minimum Gasteiger partial charge on any atom is -0.301 e. The zero-order valence-electron chi connectivity index (χ0n) is 12.7. The maximum absolute atomic E-state index is 13.6. The molecule has 0 radical (unpaired) electrons. The molecule has 0 N–H and O–H groups in total. The molecule has 1 fully saturated rings. The first-order valence-corrected chi connectivity index (χ1v) is 7.36. The van der Waals surface area contributed by atoms with Gasteiger partial charge in [-0.1, -0.05) is 38.5 Å². The molecule has 1 aromatic rings. The highest BCUT2D eigenvalue weighted by Crippen LogP contribution is 2.35. The van der Waals surface area contributed by atoms with Crippen molar-refractivity contribution in [2.24, 2.45) is 11.3 Å². The molecule has 0 saturated heterocycles. The standard InChI is InChI=1S/C17H24FNO/c1-17(2)10-6-8-14(16(17)20)12-19(3)11-13-7-4-5-9-15(13)18/h4-5,7,9,14H,6,8,10-12H2,1-3H3. The van der Waals surface area contributed by atoms with E-state index in [1.165, 1.54) is 6.07 Å². The summed E-state index contributed by atoms with van der Waals surface area (Å²) in [7, 11) is 1.96. The number of carbonyl (C=O) groups is 1. The molecule has 0 bridgehead atoms. The highest BCUT2D eigenvalue weighted by atomic mass is 19.1. The van der Waals surface area contributed by atoms with Crippen LogP contribution in [-0.2, 0) is 11.3 Å². The Labute approximate surface area is 121 Å². The van der Waals surface area contributed by atoms with Crippen LogP contribution in [0, 0.1) is 17.2 Å². The van der Waals surface area contributed by atoms with Gasteiger partial charge in [-0.3, -0.25) is 4.79 Å². The fourth-order valence-corrected chi connectivity index (χ4v) is 3.13. The Bertz CT molecular complexity index is 484. The van der Waals surface area contributed by atoms with Crippen LogP contribution < -0.4 is 0 Å². The molecule has 1 unspecified atom stereocenters.